The van der Waals surface area contributed by atoms with E-state index in [0.29, 0.717) is 11.4 Å². The molecular weight excluding hydrogens is 292 g/mol. The monoisotopic (exact) mass is 306 g/mol. The fourth-order valence-corrected chi connectivity index (χ4v) is 1.88. The van der Waals surface area contributed by atoms with Crippen LogP contribution in [0.15, 0.2) is 34.7 Å². The van der Waals surface area contributed by atoms with Crippen LogP contribution in [0.3, 0.4) is 0 Å². The van der Waals surface area contributed by atoms with Gasteiger partial charge >= 0.3 is 11.7 Å². The number of nitrogens with one attached hydrogen (secondary N) is 1. The SMILES string of the molecule is COC(=O)c1ccc(CNc2cccc(OC)c2[N+](=O)[O-])o1. The highest BCUT2D eigenvalue weighted by Gasteiger charge is 2.20. The number of hydrogen-bond acceptors (Lipinski definition) is 7. The van der Waals surface area contributed by atoms with Gasteiger partial charge in [-0.3, -0.25) is 10.1 Å². The van der Waals surface area contributed by atoms with Gasteiger partial charge in [-0.05, 0) is 24.3 Å². The smallest absolute Gasteiger partial charge is 0.373 e. The molecule has 0 spiro atoms. The first kappa shape index (κ1) is 15.4. The number of nitro benzene ring substituents is 1. The molecule has 1 aromatic heterocycles. The summed E-state index contributed by atoms with van der Waals surface area (Å²) in [5.41, 5.74) is 0.130. The van der Waals surface area contributed by atoms with Crippen molar-refractivity contribution in [3.8, 4) is 5.75 Å². The number of carbonyl (C=O) groups is 1. The molecule has 0 fully saturated rings. The lowest BCUT2D eigenvalue weighted by Crippen LogP contribution is -2.03. The van der Waals surface area contributed by atoms with E-state index in [1.807, 2.05) is 0 Å². The van der Waals surface area contributed by atoms with E-state index in [-0.39, 0.29) is 23.7 Å². The van der Waals surface area contributed by atoms with Crippen molar-refractivity contribution >= 4 is 17.3 Å². The molecule has 0 bridgehead atoms. The van der Waals surface area contributed by atoms with Gasteiger partial charge in [-0.2, -0.15) is 0 Å². The van der Waals surface area contributed by atoms with Crippen LogP contribution in [0.4, 0.5) is 11.4 Å². The summed E-state index contributed by atoms with van der Waals surface area (Å²) in [7, 11) is 2.61. The van der Waals surface area contributed by atoms with Crippen LogP contribution in [0, 0.1) is 10.1 Å². The highest BCUT2D eigenvalue weighted by molar-refractivity contribution is 5.86. The van der Waals surface area contributed by atoms with Gasteiger partial charge in [-0.25, -0.2) is 4.79 Å². The zero-order valence-corrected chi connectivity index (χ0v) is 12.0. The maximum absolute atomic E-state index is 11.3. The standard InChI is InChI=1S/C14H14N2O6/c1-20-11-5-3-4-10(13(11)16(18)19)15-8-9-6-7-12(22-9)14(17)21-2/h3-7,15H,8H2,1-2H3. The molecule has 0 radical (unpaired) electrons. The summed E-state index contributed by atoms with van der Waals surface area (Å²) in [5, 5.41) is 14.0. The second-order valence-corrected chi connectivity index (χ2v) is 4.22. The predicted octanol–water partition coefficient (Wildman–Crippen LogP) is 2.60. The van der Waals surface area contributed by atoms with Gasteiger partial charge in [0.1, 0.15) is 11.4 Å². The van der Waals surface area contributed by atoms with Crippen LogP contribution in [0.5, 0.6) is 5.75 Å². The van der Waals surface area contributed by atoms with Gasteiger partial charge in [-0.15, -0.1) is 0 Å². The van der Waals surface area contributed by atoms with Crippen LogP contribution in [-0.4, -0.2) is 25.1 Å². The number of methoxy groups -OCH3 is 2. The molecule has 1 N–H and O–H groups in total. The molecule has 0 aliphatic carbocycles. The van der Waals surface area contributed by atoms with E-state index in [4.69, 9.17) is 9.15 Å². The number of benzene rings is 1. The number of esters is 1. The first-order valence-corrected chi connectivity index (χ1v) is 6.29. The van der Waals surface area contributed by atoms with E-state index >= 15 is 0 Å². The Hall–Kier alpha value is -3.03. The van der Waals surface area contributed by atoms with Gasteiger partial charge < -0.3 is 19.2 Å². The quantitative estimate of drug-likeness (QED) is 0.497. The minimum Gasteiger partial charge on any atom is -0.490 e. The first-order chi connectivity index (χ1) is 10.6. The average molecular weight is 306 g/mol. The molecule has 116 valence electrons. The third-order valence-electron chi connectivity index (χ3n) is 2.90. The number of anilines is 1. The molecule has 0 amide bonds. The number of nitro groups is 1. The second-order valence-electron chi connectivity index (χ2n) is 4.22. The van der Waals surface area contributed by atoms with E-state index in [1.54, 1.807) is 18.2 Å². The molecule has 2 rings (SSSR count). The molecule has 0 atom stereocenters. The van der Waals surface area contributed by atoms with Crippen molar-refractivity contribution in [1.82, 2.24) is 0 Å². The zero-order chi connectivity index (χ0) is 16.1. The molecule has 1 aromatic carbocycles. The molecule has 0 saturated heterocycles. The molecule has 0 saturated carbocycles. The second kappa shape index (κ2) is 6.61. The van der Waals surface area contributed by atoms with Crippen molar-refractivity contribution in [1.29, 1.82) is 0 Å². The lowest BCUT2D eigenvalue weighted by molar-refractivity contribution is -0.384. The summed E-state index contributed by atoms with van der Waals surface area (Å²) in [6.45, 7) is 0.172. The average Bonchev–Trinajstić information content (AvgIpc) is 3.00. The van der Waals surface area contributed by atoms with Crippen LogP contribution < -0.4 is 10.1 Å². The number of rotatable bonds is 6. The van der Waals surface area contributed by atoms with Gasteiger partial charge in [0, 0.05) is 0 Å². The van der Waals surface area contributed by atoms with Crippen LogP contribution in [0.2, 0.25) is 0 Å². The molecule has 0 aliphatic rings. The Bertz CT molecular complexity index is 694. The Labute approximate surface area is 125 Å². The maximum Gasteiger partial charge on any atom is 0.373 e. The highest BCUT2D eigenvalue weighted by Crippen LogP contribution is 2.34. The van der Waals surface area contributed by atoms with E-state index in [1.165, 1.54) is 26.4 Å². The summed E-state index contributed by atoms with van der Waals surface area (Å²) in [6, 6.07) is 7.76. The van der Waals surface area contributed by atoms with Gasteiger partial charge in [-0.1, -0.05) is 6.07 Å². The van der Waals surface area contributed by atoms with Gasteiger partial charge in [0.15, 0.2) is 5.75 Å². The molecule has 1 heterocycles. The summed E-state index contributed by atoms with van der Waals surface area (Å²) < 4.78 is 14.8. The van der Waals surface area contributed by atoms with Crippen LogP contribution in [0.1, 0.15) is 16.3 Å². The highest BCUT2D eigenvalue weighted by atomic mass is 16.6. The van der Waals surface area contributed by atoms with Crippen molar-refractivity contribution in [2.75, 3.05) is 19.5 Å². The van der Waals surface area contributed by atoms with E-state index in [0.717, 1.165) is 0 Å². The molecule has 8 nitrogen and oxygen atoms in total. The minimum atomic E-state index is -0.585. The Morgan fingerprint density at radius 1 is 1.32 bits per heavy atom. The van der Waals surface area contributed by atoms with Crippen molar-refractivity contribution in [2.45, 2.75) is 6.54 Å². The fourth-order valence-electron chi connectivity index (χ4n) is 1.88. The van der Waals surface area contributed by atoms with Crippen molar-refractivity contribution in [2.24, 2.45) is 0 Å². The maximum atomic E-state index is 11.3. The predicted molar refractivity (Wildman–Crippen MR) is 77.0 cm³/mol. The van der Waals surface area contributed by atoms with Crippen molar-refractivity contribution in [3.63, 3.8) is 0 Å². The van der Waals surface area contributed by atoms with Gasteiger partial charge in [0.05, 0.1) is 25.7 Å². The lowest BCUT2D eigenvalue weighted by Gasteiger charge is -2.08. The summed E-state index contributed by atoms with van der Waals surface area (Å²) in [5.74, 6) is 0.0836. The molecule has 0 aliphatic heterocycles. The third kappa shape index (κ3) is 3.17. The number of hydrogen-bond donors (Lipinski definition) is 1. The summed E-state index contributed by atoms with van der Waals surface area (Å²) in [6.07, 6.45) is 0. The summed E-state index contributed by atoms with van der Waals surface area (Å²) in [4.78, 5) is 21.9. The molecule has 2 aromatic rings. The van der Waals surface area contributed by atoms with Gasteiger partial charge in [0.25, 0.3) is 0 Å². The van der Waals surface area contributed by atoms with E-state index in [2.05, 4.69) is 10.1 Å². The van der Waals surface area contributed by atoms with Gasteiger partial charge in [0.2, 0.25) is 5.76 Å². The number of ether oxygens (including phenoxy) is 2. The van der Waals surface area contributed by atoms with Crippen molar-refractivity contribution < 1.29 is 23.6 Å². The first-order valence-electron chi connectivity index (χ1n) is 6.29. The fraction of sp³-hybridized carbons (Fsp3) is 0.214. The van der Waals surface area contributed by atoms with Crippen LogP contribution in [0.25, 0.3) is 0 Å². The van der Waals surface area contributed by atoms with E-state index in [9.17, 15) is 14.9 Å². The normalized spacial score (nSPS) is 10.1. The Balaban J connectivity index is 2.16. The third-order valence-corrected chi connectivity index (χ3v) is 2.90. The molecule has 8 heteroatoms. The molecule has 0 unspecified atom stereocenters. The van der Waals surface area contributed by atoms with E-state index < -0.39 is 10.9 Å². The van der Waals surface area contributed by atoms with Crippen molar-refractivity contribution in [3.05, 3.63) is 52.0 Å². The Kier molecular flexibility index (Phi) is 4.62. The summed E-state index contributed by atoms with van der Waals surface area (Å²) >= 11 is 0. The molecular formula is C14H14N2O6. The minimum absolute atomic E-state index is 0.0689. The lowest BCUT2D eigenvalue weighted by atomic mass is 10.2. The number of carbonyl (C=O) groups excluding carboxylic acids is 1. The number of furan rings is 1. The Morgan fingerprint density at radius 2 is 2.09 bits per heavy atom. The topological polar surface area (TPSA) is 104 Å². The van der Waals surface area contributed by atoms with Crippen LogP contribution >= 0.6 is 0 Å². The largest absolute Gasteiger partial charge is 0.490 e. The van der Waals surface area contributed by atoms with Crippen LogP contribution in [-0.2, 0) is 11.3 Å². The zero-order valence-electron chi connectivity index (χ0n) is 12.0. The number of nitrogens with zero attached hydrogens (tertiary/aromatic N) is 1. The molecule has 22 heavy (non-hydrogen) atoms. The Morgan fingerprint density at radius 3 is 2.73 bits per heavy atom. The number of para-hydroxylation sites is 1.